The van der Waals surface area contributed by atoms with Gasteiger partial charge in [0, 0.05) is 29.6 Å². The predicted octanol–water partition coefficient (Wildman–Crippen LogP) is 6.74. The van der Waals surface area contributed by atoms with Crippen LogP contribution in [0, 0.1) is 5.92 Å². The highest BCUT2D eigenvalue weighted by Crippen LogP contribution is 2.42. The topological polar surface area (TPSA) is 47.9 Å². The van der Waals surface area contributed by atoms with Crippen LogP contribution in [0.25, 0.3) is 0 Å². The number of unbranched alkanes of at least 4 members (excludes halogenated alkanes) is 3. The third-order valence-electron chi connectivity index (χ3n) is 5.62. The van der Waals surface area contributed by atoms with E-state index in [1.54, 1.807) is 12.1 Å². The van der Waals surface area contributed by atoms with Crippen molar-refractivity contribution in [1.29, 1.82) is 0 Å². The molecule has 8 heteroatoms. The molecule has 0 radical (unpaired) electrons. The number of hydrazone groups is 1. The quantitative estimate of drug-likeness (QED) is 0.309. The molecule has 0 saturated carbocycles. The molecule has 2 atom stereocenters. The van der Waals surface area contributed by atoms with Gasteiger partial charge < -0.3 is 0 Å². The zero-order chi connectivity index (χ0) is 23.3. The average molecular weight is 496 g/mol. The first-order valence-electron chi connectivity index (χ1n) is 10.9. The minimum absolute atomic E-state index is 0.170. The van der Waals surface area contributed by atoms with Gasteiger partial charge in [-0.05, 0) is 42.3 Å². The van der Waals surface area contributed by atoms with Gasteiger partial charge in [0.1, 0.15) is 5.71 Å². The first kappa shape index (κ1) is 24.8. The first-order chi connectivity index (χ1) is 15.3. The van der Waals surface area contributed by atoms with E-state index in [-0.39, 0.29) is 17.9 Å². The number of halogens is 3. The lowest BCUT2D eigenvalue weighted by molar-refractivity contribution is -0.119. The van der Waals surface area contributed by atoms with Crippen molar-refractivity contribution >= 4 is 52.1 Å². The second-order valence-electron chi connectivity index (χ2n) is 8.13. The maximum absolute atomic E-state index is 13.1. The van der Waals surface area contributed by atoms with Gasteiger partial charge in [0.25, 0.3) is 5.91 Å². The van der Waals surface area contributed by atoms with Crippen molar-refractivity contribution < 1.29 is 4.79 Å². The number of carbonyl (C=O) groups excluding carboxylic acids is 1. The van der Waals surface area contributed by atoms with E-state index in [0.29, 0.717) is 26.5 Å². The molecule has 0 spiro atoms. The van der Waals surface area contributed by atoms with Crippen LogP contribution in [-0.2, 0) is 4.79 Å². The van der Waals surface area contributed by atoms with Gasteiger partial charge in [0.05, 0.1) is 16.8 Å². The first-order valence-corrected chi connectivity index (χ1v) is 12.1. The number of carbonyl (C=O) groups is 1. The summed E-state index contributed by atoms with van der Waals surface area (Å²) in [5.74, 6) is -0.376. The number of nitrogens with one attached hydrogen (secondary N) is 1. The Balaban J connectivity index is 1.86. The molecule has 1 amide bonds. The number of rotatable bonds is 9. The predicted molar refractivity (Wildman–Crippen MR) is 135 cm³/mol. The lowest BCUT2D eigenvalue weighted by Gasteiger charge is -2.27. The standard InChI is InChI=1S/C24H29Cl3N4O/c1-4-5-6-7-14-30(3)29-24(32)22-16(2)23(17-8-10-18(25)11-9-17)31(28-22)21-13-12-19(26)15-20(21)27/h8-13,15-16,23H,4-7,14H2,1-3H3,(H,29,32)/t16-,23?/m1/s1. The molecule has 0 aromatic heterocycles. The van der Waals surface area contributed by atoms with Crippen molar-refractivity contribution in [3.8, 4) is 0 Å². The van der Waals surface area contributed by atoms with Gasteiger partial charge in [0.2, 0.25) is 0 Å². The number of hydrazine groups is 1. The van der Waals surface area contributed by atoms with Crippen LogP contribution in [0.15, 0.2) is 47.6 Å². The molecule has 5 nitrogen and oxygen atoms in total. The van der Waals surface area contributed by atoms with Gasteiger partial charge >= 0.3 is 0 Å². The fraction of sp³-hybridized carbons (Fsp3) is 0.417. The van der Waals surface area contributed by atoms with E-state index in [0.717, 1.165) is 24.9 Å². The Morgan fingerprint density at radius 2 is 1.75 bits per heavy atom. The summed E-state index contributed by atoms with van der Waals surface area (Å²) >= 11 is 18.7. The van der Waals surface area contributed by atoms with E-state index in [9.17, 15) is 4.79 Å². The summed E-state index contributed by atoms with van der Waals surface area (Å²) in [6, 6.07) is 12.7. The molecular weight excluding hydrogens is 467 g/mol. The third kappa shape index (κ3) is 5.96. The third-order valence-corrected chi connectivity index (χ3v) is 6.41. The Morgan fingerprint density at radius 3 is 2.41 bits per heavy atom. The summed E-state index contributed by atoms with van der Waals surface area (Å²) in [6.45, 7) is 4.98. The fourth-order valence-electron chi connectivity index (χ4n) is 3.91. The summed E-state index contributed by atoms with van der Waals surface area (Å²) in [5.41, 5.74) is 5.11. The number of nitrogens with zero attached hydrogens (tertiary/aromatic N) is 3. The van der Waals surface area contributed by atoms with Gasteiger partial charge in [0.15, 0.2) is 0 Å². The lowest BCUT2D eigenvalue weighted by atomic mass is 9.91. The molecule has 1 unspecified atom stereocenters. The smallest absolute Gasteiger partial charge is 0.282 e. The summed E-state index contributed by atoms with van der Waals surface area (Å²) < 4.78 is 0. The molecule has 0 bridgehead atoms. The number of benzene rings is 2. The van der Waals surface area contributed by atoms with E-state index in [1.165, 1.54) is 12.8 Å². The van der Waals surface area contributed by atoms with Crippen LogP contribution in [0.2, 0.25) is 15.1 Å². The second-order valence-corrected chi connectivity index (χ2v) is 9.41. The zero-order valence-electron chi connectivity index (χ0n) is 18.6. The van der Waals surface area contributed by atoms with E-state index in [1.807, 2.05) is 54.3 Å². The zero-order valence-corrected chi connectivity index (χ0v) is 20.9. The van der Waals surface area contributed by atoms with Gasteiger partial charge in [-0.25, -0.2) is 5.01 Å². The maximum Gasteiger partial charge on any atom is 0.282 e. The second kappa shape index (κ2) is 11.4. The molecule has 0 fully saturated rings. The molecule has 2 aromatic rings. The number of anilines is 1. The normalized spacial score (nSPS) is 18.2. The Bertz CT molecular complexity index is 964. The van der Waals surface area contributed by atoms with Gasteiger partial charge in [-0.15, -0.1) is 0 Å². The minimum Gasteiger partial charge on any atom is -0.284 e. The van der Waals surface area contributed by atoms with Crippen molar-refractivity contribution in [2.45, 2.75) is 45.6 Å². The van der Waals surface area contributed by atoms with Gasteiger partial charge in [-0.3, -0.25) is 15.2 Å². The molecule has 0 aliphatic carbocycles. The van der Waals surface area contributed by atoms with Gasteiger partial charge in [-0.1, -0.05) is 80.0 Å². The summed E-state index contributed by atoms with van der Waals surface area (Å²) in [5, 5.41) is 10.0. The summed E-state index contributed by atoms with van der Waals surface area (Å²) in [4.78, 5) is 13.1. The molecule has 2 aromatic carbocycles. The summed E-state index contributed by atoms with van der Waals surface area (Å²) in [7, 11) is 1.88. The highest BCUT2D eigenvalue weighted by Gasteiger charge is 2.40. The van der Waals surface area contributed by atoms with Crippen molar-refractivity contribution in [2.75, 3.05) is 18.6 Å². The van der Waals surface area contributed by atoms with E-state index >= 15 is 0 Å². The molecule has 172 valence electrons. The van der Waals surface area contributed by atoms with Crippen molar-refractivity contribution in [3.05, 3.63) is 63.1 Å². The van der Waals surface area contributed by atoms with Crippen LogP contribution < -0.4 is 10.4 Å². The molecule has 1 N–H and O–H groups in total. The number of hydrogen-bond donors (Lipinski definition) is 1. The molecule has 32 heavy (non-hydrogen) atoms. The molecule has 1 aliphatic heterocycles. The Kier molecular flexibility index (Phi) is 8.83. The molecule has 1 heterocycles. The highest BCUT2D eigenvalue weighted by molar-refractivity contribution is 6.41. The molecule has 1 aliphatic rings. The van der Waals surface area contributed by atoms with Crippen LogP contribution in [0.5, 0.6) is 0 Å². The SMILES string of the molecule is CCCCCCN(C)NC(=O)C1=NN(c2ccc(Cl)cc2Cl)C(c2ccc(Cl)cc2)[C@@H]1C. The van der Waals surface area contributed by atoms with Crippen LogP contribution in [0.1, 0.15) is 51.1 Å². The monoisotopic (exact) mass is 494 g/mol. The average Bonchev–Trinajstić information content (AvgIpc) is 3.09. The van der Waals surface area contributed by atoms with E-state index < -0.39 is 0 Å². The largest absolute Gasteiger partial charge is 0.284 e. The fourth-order valence-corrected chi connectivity index (χ4v) is 4.53. The van der Waals surface area contributed by atoms with Gasteiger partial charge in [-0.2, -0.15) is 5.10 Å². The number of amides is 1. The van der Waals surface area contributed by atoms with Crippen molar-refractivity contribution in [3.63, 3.8) is 0 Å². The lowest BCUT2D eigenvalue weighted by Crippen LogP contribution is -2.44. The van der Waals surface area contributed by atoms with Crippen LogP contribution in [-0.4, -0.2) is 30.2 Å². The number of hydrogen-bond acceptors (Lipinski definition) is 4. The minimum atomic E-state index is -0.207. The van der Waals surface area contributed by atoms with Crippen molar-refractivity contribution in [1.82, 2.24) is 10.4 Å². The summed E-state index contributed by atoms with van der Waals surface area (Å²) in [6.07, 6.45) is 4.56. The highest BCUT2D eigenvalue weighted by atomic mass is 35.5. The Hall–Kier alpha value is -1.79. The Labute approximate surface area is 205 Å². The Morgan fingerprint density at radius 1 is 1.06 bits per heavy atom. The molecular formula is C24H29Cl3N4O. The van der Waals surface area contributed by atoms with Crippen LogP contribution in [0.3, 0.4) is 0 Å². The molecule has 3 rings (SSSR count). The van der Waals surface area contributed by atoms with E-state index in [4.69, 9.17) is 39.9 Å². The van der Waals surface area contributed by atoms with Crippen LogP contribution >= 0.6 is 34.8 Å². The molecule has 0 saturated heterocycles. The van der Waals surface area contributed by atoms with E-state index in [2.05, 4.69) is 12.3 Å². The van der Waals surface area contributed by atoms with Crippen LogP contribution in [0.4, 0.5) is 5.69 Å². The van der Waals surface area contributed by atoms with Crippen molar-refractivity contribution in [2.24, 2.45) is 11.0 Å². The maximum atomic E-state index is 13.1.